The van der Waals surface area contributed by atoms with Crippen molar-refractivity contribution in [2.24, 2.45) is 0 Å². The van der Waals surface area contributed by atoms with Gasteiger partial charge in [-0.25, -0.2) is 9.97 Å². The SMILES string of the molecule is CN(CCNc1nc(Br)cn2ccnc12)C1CCCC1. The van der Waals surface area contributed by atoms with Gasteiger partial charge in [0, 0.05) is 37.7 Å². The lowest BCUT2D eigenvalue weighted by Crippen LogP contribution is -2.33. The van der Waals surface area contributed by atoms with Gasteiger partial charge < -0.3 is 14.6 Å². The molecular formula is C14H20BrN5. The minimum absolute atomic E-state index is 0.763. The first-order chi connectivity index (χ1) is 9.74. The van der Waals surface area contributed by atoms with Crippen molar-refractivity contribution in [1.29, 1.82) is 0 Å². The Morgan fingerprint density at radius 1 is 1.45 bits per heavy atom. The molecule has 1 saturated carbocycles. The Hall–Kier alpha value is -1.14. The van der Waals surface area contributed by atoms with E-state index >= 15 is 0 Å². The standard InChI is InChI=1S/C14H20BrN5/c1-19(11-4-2-3-5-11)8-6-16-13-14-17-7-9-20(14)10-12(15)18-13/h7,9-11H,2-6,8H2,1H3,(H,16,18). The number of halogens is 1. The molecule has 0 unspecified atom stereocenters. The molecule has 2 aromatic rings. The molecule has 0 radical (unpaired) electrons. The summed E-state index contributed by atoms with van der Waals surface area (Å²) in [4.78, 5) is 11.3. The van der Waals surface area contributed by atoms with Gasteiger partial charge in [-0.3, -0.25) is 0 Å². The fourth-order valence-corrected chi connectivity index (χ4v) is 3.30. The number of nitrogens with one attached hydrogen (secondary N) is 1. The third-order valence-electron chi connectivity index (χ3n) is 4.05. The fraction of sp³-hybridized carbons (Fsp3) is 0.571. The number of likely N-dealkylation sites (N-methyl/N-ethyl adjacent to an activating group) is 1. The van der Waals surface area contributed by atoms with Crippen LogP contribution in [-0.4, -0.2) is 45.4 Å². The number of nitrogens with zero attached hydrogens (tertiary/aromatic N) is 4. The van der Waals surface area contributed by atoms with Gasteiger partial charge in [-0.1, -0.05) is 12.8 Å². The Kier molecular flexibility index (Phi) is 4.21. The molecule has 0 saturated heterocycles. The first kappa shape index (κ1) is 13.8. The third-order valence-corrected chi connectivity index (χ3v) is 4.43. The molecule has 2 heterocycles. The molecule has 0 atom stereocenters. The van der Waals surface area contributed by atoms with Crippen LogP contribution in [-0.2, 0) is 0 Å². The van der Waals surface area contributed by atoms with Crippen LogP contribution in [0.2, 0.25) is 0 Å². The van der Waals surface area contributed by atoms with E-state index in [0.717, 1.165) is 35.2 Å². The van der Waals surface area contributed by atoms with Crippen molar-refractivity contribution in [3.8, 4) is 0 Å². The van der Waals surface area contributed by atoms with Crippen LogP contribution < -0.4 is 5.32 Å². The second-order valence-electron chi connectivity index (χ2n) is 5.42. The maximum absolute atomic E-state index is 4.47. The average Bonchev–Trinajstić information content (AvgIpc) is 3.09. The van der Waals surface area contributed by atoms with E-state index < -0.39 is 0 Å². The first-order valence-corrected chi connectivity index (χ1v) is 7.96. The molecule has 6 heteroatoms. The Balaban J connectivity index is 1.60. The van der Waals surface area contributed by atoms with Crippen LogP contribution in [0.3, 0.4) is 0 Å². The van der Waals surface area contributed by atoms with Gasteiger partial charge >= 0.3 is 0 Å². The summed E-state index contributed by atoms with van der Waals surface area (Å²) in [5.74, 6) is 0.837. The van der Waals surface area contributed by atoms with Crippen molar-refractivity contribution in [3.63, 3.8) is 0 Å². The van der Waals surface area contributed by atoms with E-state index in [-0.39, 0.29) is 0 Å². The zero-order valence-electron chi connectivity index (χ0n) is 11.7. The highest BCUT2D eigenvalue weighted by Gasteiger charge is 2.18. The number of rotatable bonds is 5. The van der Waals surface area contributed by atoms with Crippen LogP contribution in [0.4, 0.5) is 5.82 Å². The Bertz CT molecular complexity index is 576. The highest BCUT2D eigenvalue weighted by atomic mass is 79.9. The zero-order chi connectivity index (χ0) is 13.9. The normalized spacial score (nSPS) is 16.4. The van der Waals surface area contributed by atoms with Crippen molar-refractivity contribution >= 4 is 27.4 Å². The number of anilines is 1. The molecule has 0 amide bonds. The first-order valence-electron chi connectivity index (χ1n) is 7.17. The van der Waals surface area contributed by atoms with Crippen LogP contribution in [0.25, 0.3) is 5.65 Å². The molecule has 1 N–H and O–H groups in total. The molecule has 20 heavy (non-hydrogen) atoms. The molecule has 3 rings (SSSR count). The lowest BCUT2D eigenvalue weighted by atomic mass is 10.2. The van der Waals surface area contributed by atoms with Gasteiger partial charge in [0.1, 0.15) is 4.60 Å². The smallest absolute Gasteiger partial charge is 0.180 e. The fourth-order valence-electron chi connectivity index (χ4n) is 2.90. The van der Waals surface area contributed by atoms with Crippen LogP contribution in [0, 0.1) is 0 Å². The van der Waals surface area contributed by atoms with Crippen LogP contribution in [0.5, 0.6) is 0 Å². The van der Waals surface area contributed by atoms with Crippen molar-refractivity contribution < 1.29 is 0 Å². The molecule has 1 fully saturated rings. The van der Waals surface area contributed by atoms with E-state index in [1.807, 2.05) is 16.8 Å². The third kappa shape index (κ3) is 2.96. The Morgan fingerprint density at radius 3 is 3.05 bits per heavy atom. The van der Waals surface area contributed by atoms with E-state index in [4.69, 9.17) is 0 Å². The van der Waals surface area contributed by atoms with Crippen molar-refractivity contribution in [3.05, 3.63) is 23.2 Å². The molecule has 108 valence electrons. The molecule has 0 spiro atoms. The van der Waals surface area contributed by atoms with Crippen LogP contribution >= 0.6 is 15.9 Å². The van der Waals surface area contributed by atoms with Crippen LogP contribution in [0.15, 0.2) is 23.2 Å². The lowest BCUT2D eigenvalue weighted by molar-refractivity contribution is 0.254. The minimum Gasteiger partial charge on any atom is -0.366 e. The molecule has 0 aromatic carbocycles. The Morgan fingerprint density at radius 2 is 2.25 bits per heavy atom. The maximum Gasteiger partial charge on any atom is 0.180 e. The van der Waals surface area contributed by atoms with E-state index in [0.29, 0.717) is 0 Å². The van der Waals surface area contributed by atoms with E-state index in [1.165, 1.54) is 25.7 Å². The minimum atomic E-state index is 0.763. The highest BCUT2D eigenvalue weighted by molar-refractivity contribution is 9.10. The molecule has 5 nitrogen and oxygen atoms in total. The van der Waals surface area contributed by atoms with Gasteiger partial charge in [-0.05, 0) is 35.8 Å². The monoisotopic (exact) mass is 337 g/mol. The Labute approximate surface area is 127 Å². The number of imidazole rings is 1. The molecule has 2 aromatic heterocycles. The molecule has 0 bridgehead atoms. The van der Waals surface area contributed by atoms with Crippen molar-refractivity contribution in [1.82, 2.24) is 19.3 Å². The molecule has 1 aliphatic rings. The molecule has 0 aliphatic heterocycles. The van der Waals surface area contributed by atoms with Crippen LogP contribution in [0.1, 0.15) is 25.7 Å². The quantitative estimate of drug-likeness (QED) is 0.911. The number of hydrogen-bond donors (Lipinski definition) is 1. The number of aromatic nitrogens is 3. The lowest BCUT2D eigenvalue weighted by Gasteiger charge is -2.24. The summed E-state index contributed by atoms with van der Waals surface area (Å²) in [6.45, 7) is 1.92. The van der Waals surface area contributed by atoms with Crippen molar-refractivity contribution in [2.75, 3.05) is 25.5 Å². The predicted molar refractivity (Wildman–Crippen MR) is 84.1 cm³/mol. The van der Waals surface area contributed by atoms with Gasteiger partial charge in [-0.2, -0.15) is 0 Å². The van der Waals surface area contributed by atoms with E-state index in [9.17, 15) is 0 Å². The summed E-state index contributed by atoms with van der Waals surface area (Å²) in [5.41, 5.74) is 0.872. The second-order valence-corrected chi connectivity index (χ2v) is 6.23. The summed E-state index contributed by atoms with van der Waals surface area (Å²) in [5, 5.41) is 3.40. The molecule has 1 aliphatic carbocycles. The predicted octanol–water partition coefficient (Wildman–Crippen LogP) is 2.78. The highest BCUT2D eigenvalue weighted by Crippen LogP contribution is 2.22. The second kappa shape index (κ2) is 6.10. The zero-order valence-corrected chi connectivity index (χ0v) is 13.3. The largest absolute Gasteiger partial charge is 0.366 e. The van der Waals surface area contributed by atoms with Gasteiger partial charge in [0.15, 0.2) is 11.5 Å². The summed E-state index contributed by atoms with van der Waals surface area (Å²) in [7, 11) is 2.22. The average molecular weight is 338 g/mol. The summed E-state index contributed by atoms with van der Waals surface area (Å²) in [6, 6.07) is 0.763. The molecular weight excluding hydrogens is 318 g/mol. The van der Waals surface area contributed by atoms with Crippen molar-refractivity contribution in [2.45, 2.75) is 31.7 Å². The number of fused-ring (bicyclic) bond motifs is 1. The van der Waals surface area contributed by atoms with Gasteiger partial charge in [0.2, 0.25) is 0 Å². The van der Waals surface area contributed by atoms with Gasteiger partial charge in [0.25, 0.3) is 0 Å². The van der Waals surface area contributed by atoms with E-state index in [2.05, 4.69) is 43.2 Å². The maximum atomic E-state index is 4.47. The van der Waals surface area contributed by atoms with Gasteiger partial charge in [0.05, 0.1) is 0 Å². The number of hydrogen-bond acceptors (Lipinski definition) is 4. The summed E-state index contributed by atoms with van der Waals surface area (Å²) < 4.78 is 2.79. The topological polar surface area (TPSA) is 45.5 Å². The summed E-state index contributed by atoms with van der Waals surface area (Å²) in [6.07, 6.45) is 11.1. The van der Waals surface area contributed by atoms with Gasteiger partial charge in [-0.15, -0.1) is 0 Å². The van der Waals surface area contributed by atoms with E-state index in [1.54, 1.807) is 6.20 Å². The summed E-state index contributed by atoms with van der Waals surface area (Å²) >= 11 is 3.43.